The number of esters is 1. The number of hydrogen-bond acceptors (Lipinski definition) is 4. The van der Waals surface area contributed by atoms with Gasteiger partial charge in [-0.3, -0.25) is 4.79 Å². The predicted molar refractivity (Wildman–Crippen MR) is 76.6 cm³/mol. The molecule has 2 fully saturated rings. The molecule has 1 aliphatic carbocycles. The number of rotatable bonds is 4. The van der Waals surface area contributed by atoms with Gasteiger partial charge >= 0.3 is 5.97 Å². The van der Waals surface area contributed by atoms with Crippen LogP contribution < -0.4 is 0 Å². The predicted octanol–water partition coefficient (Wildman–Crippen LogP) is 1.64. The first-order valence-electron chi connectivity index (χ1n) is 7.36. The zero-order valence-electron chi connectivity index (χ0n) is 12.6. The van der Waals surface area contributed by atoms with Crippen molar-refractivity contribution in [3.05, 3.63) is 0 Å². The quantitative estimate of drug-likeness (QED) is 0.741. The van der Waals surface area contributed by atoms with E-state index in [1.165, 1.54) is 13.5 Å². The second kappa shape index (κ2) is 5.64. The first-order valence-corrected chi connectivity index (χ1v) is 8.97. The molecule has 1 saturated heterocycles. The summed E-state index contributed by atoms with van der Waals surface area (Å²) in [4.78, 5) is 11.4. The number of sulfonamides is 1. The number of ether oxygens (including phenoxy) is 1. The van der Waals surface area contributed by atoms with Crippen LogP contribution in [-0.2, 0) is 19.6 Å². The largest absolute Gasteiger partial charge is 0.469 e. The van der Waals surface area contributed by atoms with Crippen LogP contribution in [0.1, 0.15) is 39.5 Å². The first kappa shape index (κ1) is 15.8. The third-order valence-corrected chi connectivity index (χ3v) is 7.17. The van der Waals surface area contributed by atoms with Crippen molar-refractivity contribution in [3.63, 3.8) is 0 Å². The van der Waals surface area contributed by atoms with Gasteiger partial charge in [0.1, 0.15) is 0 Å². The molecule has 2 unspecified atom stereocenters. The summed E-state index contributed by atoms with van der Waals surface area (Å²) in [6.45, 7) is 5.05. The highest BCUT2D eigenvalue weighted by molar-refractivity contribution is 7.89. The highest BCUT2D eigenvalue weighted by Crippen LogP contribution is 2.51. The van der Waals surface area contributed by atoms with Crippen molar-refractivity contribution in [2.45, 2.75) is 39.5 Å². The Bertz CT molecular complexity index is 470. The van der Waals surface area contributed by atoms with Gasteiger partial charge in [0.2, 0.25) is 10.0 Å². The minimum absolute atomic E-state index is 0.149. The molecule has 6 heteroatoms. The second-order valence-corrected chi connectivity index (χ2v) is 8.46. The van der Waals surface area contributed by atoms with Gasteiger partial charge in [-0.1, -0.05) is 20.3 Å². The van der Waals surface area contributed by atoms with E-state index in [-0.39, 0.29) is 11.2 Å². The molecule has 0 amide bonds. The molecule has 0 bridgehead atoms. The third kappa shape index (κ3) is 2.86. The molecule has 0 radical (unpaired) electrons. The molecule has 0 aromatic carbocycles. The van der Waals surface area contributed by atoms with Crippen LogP contribution in [0.5, 0.6) is 0 Å². The van der Waals surface area contributed by atoms with Gasteiger partial charge in [0.25, 0.3) is 0 Å². The van der Waals surface area contributed by atoms with Crippen LogP contribution in [0, 0.1) is 17.3 Å². The standard InChI is InChI=1S/C14H25NO4S/c1-11(13(16)19-3)9-20(17,18)15-8-5-12(2)14(10-15)6-4-7-14/h11-12H,4-10H2,1-3H3. The highest BCUT2D eigenvalue weighted by Gasteiger charge is 2.47. The Morgan fingerprint density at radius 3 is 2.60 bits per heavy atom. The Morgan fingerprint density at radius 1 is 1.45 bits per heavy atom. The van der Waals surface area contributed by atoms with E-state index >= 15 is 0 Å². The summed E-state index contributed by atoms with van der Waals surface area (Å²) < 4.78 is 31.2. The fraction of sp³-hybridized carbons (Fsp3) is 0.929. The Balaban J connectivity index is 2.04. The van der Waals surface area contributed by atoms with E-state index in [0.717, 1.165) is 19.3 Å². The van der Waals surface area contributed by atoms with Crippen LogP contribution in [0.3, 0.4) is 0 Å². The summed E-state index contributed by atoms with van der Waals surface area (Å²) in [5, 5.41) is 0. The van der Waals surface area contributed by atoms with Crippen LogP contribution in [-0.4, -0.2) is 44.6 Å². The van der Waals surface area contributed by atoms with Crippen LogP contribution in [0.25, 0.3) is 0 Å². The van der Waals surface area contributed by atoms with Crippen molar-refractivity contribution in [1.29, 1.82) is 0 Å². The lowest BCUT2D eigenvalue weighted by atomic mass is 9.59. The van der Waals surface area contributed by atoms with Crippen LogP contribution in [0.15, 0.2) is 0 Å². The molecule has 2 aliphatic rings. The zero-order chi connectivity index (χ0) is 15.0. The highest BCUT2D eigenvalue weighted by atomic mass is 32.2. The van der Waals surface area contributed by atoms with E-state index in [4.69, 9.17) is 0 Å². The summed E-state index contributed by atoms with van der Waals surface area (Å²) in [6.07, 6.45) is 4.39. The molecule has 116 valence electrons. The lowest BCUT2D eigenvalue weighted by Gasteiger charge is -2.52. The molecule has 1 saturated carbocycles. The Hall–Kier alpha value is -0.620. The van der Waals surface area contributed by atoms with Crippen LogP contribution in [0.4, 0.5) is 0 Å². The van der Waals surface area contributed by atoms with E-state index < -0.39 is 21.9 Å². The summed E-state index contributed by atoms with van der Waals surface area (Å²) in [5.41, 5.74) is 0.194. The van der Waals surface area contributed by atoms with Gasteiger partial charge in [0.15, 0.2) is 0 Å². The topological polar surface area (TPSA) is 63.7 Å². The van der Waals surface area contributed by atoms with Crippen molar-refractivity contribution < 1.29 is 17.9 Å². The number of hydrogen-bond donors (Lipinski definition) is 0. The van der Waals surface area contributed by atoms with E-state index in [1.54, 1.807) is 11.2 Å². The Kier molecular flexibility index (Phi) is 4.44. The van der Waals surface area contributed by atoms with E-state index in [1.807, 2.05) is 0 Å². The third-order valence-electron chi connectivity index (χ3n) is 5.16. The fourth-order valence-corrected chi connectivity index (χ4v) is 5.26. The van der Waals surface area contributed by atoms with Crippen molar-refractivity contribution in [2.75, 3.05) is 26.0 Å². The Morgan fingerprint density at radius 2 is 2.10 bits per heavy atom. The van der Waals surface area contributed by atoms with Crippen molar-refractivity contribution in [1.82, 2.24) is 4.31 Å². The molecule has 5 nitrogen and oxygen atoms in total. The normalized spacial score (nSPS) is 27.9. The van der Waals surface area contributed by atoms with Crippen LogP contribution >= 0.6 is 0 Å². The first-order chi connectivity index (χ1) is 9.31. The van der Waals surface area contributed by atoms with Gasteiger partial charge in [-0.2, -0.15) is 0 Å². The lowest BCUT2D eigenvalue weighted by molar-refractivity contribution is -0.144. The summed E-state index contributed by atoms with van der Waals surface area (Å²) >= 11 is 0. The van der Waals surface area contributed by atoms with Gasteiger partial charge in [-0.05, 0) is 30.6 Å². The number of piperidine rings is 1. The second-order valence-electron chi connectivity index (χ2n) is 6.44. The van der Waals surface area contributed by atoms with Crippen molar-refractivity contribution in [3.8, 4) is 0 Å². The zero-order valence-corrected chi connectivity index (χ0v) is 13.4. The summed E-state index contributed by atoms with van der Waals surface area (Å²) in [7, 11) is -2.09. The van der Waals surface area contributed by atoms with E-state index in [2.05, 4.69) is 11.7 Å². The van der Waals surface area contributed by atoms with Gasteiger partial charge in [0, 0.05) is 13.1 Å². The van der Waals surface area contributed by atoms with Gasteiger partial charge in [-0.25, -0.2) is 12.7 Å². The molecule has 0 N–H and O–H groups in total. The number of nitrogens with zero attached hydrogens (tertiary/aromatic N) is 1. The maximum atomic E-state index is 12.5. The maximum absolute atomic E-state index is 12.5. The molecule has 2 atom stereocenters. The van der Waals surface area contributed by atoms with E-state index in [0.29, 0.717) is 19.0 Å². The number of carbonyl (C=O) groups is 1. The fourth-order valence-electron chi connectivity index (χ4n) is 3.44. The smallest absolute Gasteiger partial charge is 0.309 e. The Labute approximate surface area is 121 Å². The molecule has 1 spiro atoms. The summed E-state index contributed by atoms with van der Waals surface area (Å²) in [6, 6.07) is 0. The molecule has 0 aromatic rings. The SMILES string of the molecule is COC(=O)C(C)CS(=O)(=O)N1CCC(C)C2(CCC2)C1. The van der Waals surface area contributed by atoms with E-state index in [9.17, 15) is 13.2 Å². The maximum Gasteiger partial charge on any atom is 0.309 e. The van der Waals surface area contributed by atoms with Crippen molar-refractivity contribution in [2.24, 2.45) is 17.3 Å². The van der Waals surface area contributed by atoms with Gasteiger partial charge in [0.05, 0.1) is 18.8 Å². The molecular formula is C14H25NO4S. The molecule has 1 heterocycles. The van der Waals surface area contributed by atoms with Crippen molar-refractivity contribution >= 4 is 16.0 Å². The van der Waals surface area contributed by atoms with Crippen LogP contribution in [0.2, 0.25) is 0 Å². The molecule has 20 heavy (non-hydrogen) atoms. The van der Waals surface area contributed by atoms with Gasteiger partial charge < -0.3 is 4.74 Å². The number of carbonyl (C=O) groups excluding carboxylic acids is 1. The summed E-state index contributed by atoms with van der Waals surface area (Å²) in [5.74, 6) is -0.621. The molecule has 2 rings (SSSR count). The molecule has 1 aliphatic heterocycles. The average Bonchev–Trinajstić information content (AvgIpc) is 2.35. The van der Waals surface area contributed by atoms with Gasteiger partial charge in [-0.15, -0.1) is 0 Å². The minimum Gasteiger partial charge on any atom is -0.469 e. The monoisotopic (exact) mass is 303 g/mol. The minimum atomic E-state index is -3.38. The number of methoxy groups -OCH3 is 1. The average molecular weight is 303 g/mol. The molecular weight excluding hydrogens is 278 g/mol. The molecule has 0 aromatic heterocycles. The lowest BCUT2D eigenvalue weighted by Crippen LogP contribution is -2.54.